The summed E-state index contributed by atoms with van der Waals surface area (Å²) < 4.78 is 0. The first-order valence-corrected chi connectivity index (χ1v) is 7.35. The summed E-state index contributed by atoms with van der Waals surface area (Å²) in [6.07, 6.45) is 3.73. The van der Waals surface area contributed by atoms with E-state index in [1.807, 2.05) is 19.2 Å². The van der Waals surface area contributed by atoms with E-state index in [1.165, 1.54) is 37.1 Å². The molecule has 0 amide bonds. The van der Waals surface area contributed by atoms with Crippen LogP contribution in [0.1, 0.15) is 30.0 Å². The maximum Gasteiger partial charge on any atom is 0.0595 e. The van der Waals surface area contributed by atoms with Crippen molar-refractivity contribution < 1.29 is 0 Å². The maximum absolute atomic E-state index is 6.15. The summed E-state index contributed by atoms with van der Waals surface area (Å²) >= 11 is 12.3. The van der Waals surface area contributed by atoms with Gasteiger partial charge in [-0.3, -0.25) is 4.90 Å². The average molecular weight is 285 g/mol. The number of likely N-dealkylation sites (tertiary alicyclic amines) is 1. The Morgan fingerprint density at radius 3 is 2.50 bits per heavy atom. The molecule has 0 saturated carbocycles. The van der Waals surface area contributed by atoms with Crippen molar-refractivity contribution in [1.82, 2.24) is 10.2 Å². The number of likely N-dealkylation sites (N-methyl/N-ethyl adjacent to an activating group) is 1. The number of nitrogens with one attached hydrogen (secondary N) is 1. The highest BCUT2D eigenvalue weighted by molar-refractivity contribution is 6.42. The van der Waals surface area contributed by atoms with Gasteiger partial charge < -0.3 is 5.32 Å². The Balaban J connectivity index is 1.94. The Hall–Kier alpha value is -0.280. The third kappa shape index (κ3) is 2.05. The Labute approximate surface area is 118 Å². The summed E-state index contributed by atoms with van der Waals surface area (Å²) in [6.45, 7) is 2.44. The summed E-state index contributed by atoms with van der Waals surface area (Å²) in [7, 11) is 2.03. The summed E-state index contributed by atoms with van der Waals surface area (Å²) in [5, 5.41) is 4.79. The van der Waals surface area contributed by atoms with Gasteiger partial charge in [-0.05, 0) is 62.7 Å². The van der Waals surface area contributed by atoms with Gasteiger partial charge in [0.15, 0.2) is 0 Å². The van der Waals surface area contributed by atoms with Crippen LogP contribution in [0.25, 0.3) is 0 Å². The zero-order valence-electron chi connectivity index (χ0n) is 10.5. The van der Waals surface area contributed by atoms with Crippen LogP contribution in [0.2, 0.25) is 10.0 Å². The van der Waals surface area contributed by atoms with Crippen LogP contribution in [0.5, 0.6) is 0 Å². The van der Waals surface area contributed by atoms with Crippen LogP contribution in [-0.2, 0) is 6.42 Å². The normalized spacial score (nSPS) is 27.7. The molecule has 0 radical (unpaired) electrons. The van der Waals surface area contributed by atoms with Crippen molar-refractivity contribution in [3.8, 4) is 0 Å². The van der Waals surface area contributed by atoms with Crippen LogP contribution in [0.15, 0.2) is 12.1 Å². The van der Waals surface area contributed by atoms with Crippen molar-refractivity contribution in [2.45, 2.75) is 31.3 Å². The largest absolute Gasteiger partial charge is 0.312 e. The molecule has 1 aromatic rings. The lowest BCUT2D eigenvalue weighted by atomic mass is 10.1. The highest BCUT2D eigenvalue weighted by atomic mass is 35.5. The van der Waals surface area contributed by atoms with Crippen LogP contribution in [-0.4, -0.2) is 31.1 Å². The third-order valence-corrected chi connectivity index (χ3v) is 4.97. The highest BCUT2D eigenvalue weighted by Gasteiger charge is 2.36. The molecule has 0 bridgehead atoms. The molecule has 1 saturated heterocycles. The molecule has 2 atom stereocenters. The maximum atomic E-state index is 6.15. The van der Waals surface area contributed by atoms with Gasteiger partial charge in [-0.1, -0.05) is 23.2 Å². The fraction of sp³-hybridized carbons (Fsp3) is 0.571. The summed E-state index contributed by atoms with van der Waals surface area (Å²) in [4.78, 5) is 2.60. The van der Waals surface area contributed by atoms with E-state index in [0.717, 1.165) is 6.42 Å². The fourth-order valence-electron chi connectivity index (χ4n) is 3.38. The first kappa shape index (κ1) is 12.7. The number of benzene rings is 1. The first-order valence-electron chi connectivity index (χ1n) is 6.60. The van der Waals surface area contributed by atoms with E-state index in [0.29, 0.717) is 22.1 Å². The van der Waals surface area contributed by atoms with Crippen molar-refractivity contribution in [3.05, 3.63) is 33.3 Å². The molecule has 18 heavy (non-hydrogen) atoms. The molecular weight excluding hydrogens is 267 g/mol. The molecule has 1 N–H and O–H groups in total. The zero-order chi connectivity index (χ0) is 12.7. The van der Waals surface area contributed by atoms with Gasteiger partial charge in [-0.15, -0.1) is 0 Å². The second-order valence-corrected chi connectivity index (χ2v) is 6.06. The Bertz CT molecular complexity index is 455. The smallest absolute Gasteiger partial charge is 0.0595 e. The summed E-state index contributed by atoms with van der Waals surface area (Å²) in [5.74, 6) is 0. The molecule has 1 heterocycles. The van der Waals surface area contributed by atoms with E-state index in [2.05, 4.69) is 10.2 Å². The van der Waals surface area contributed by atoms with Crippen LogP contribution in [0.3, 0.4) is 0 Å². The van der Waals surface area contributed by atoms with Crippen LogP contribution < -0.4 is 5.32 Å². The number of halogens is 2. The van der Waals surface area contributed by atoms with E-state index >= 15 is 0 Å². The lowest BCUT2D eigenvalue weighted by Gasteiger charge is -2.29. The first-order chi connectivity index (χ1) is 8.70. The third-order valence-electron chi connectivity index (χ3n) is 4.25. The minimum atomic E-state index is 0.382. The molecule has 1 aliphatic heterocycles. The summed E-state index contributed by atoms with van der Waals surface area (Å²) in [5.41, 5.74) is 2.67. The molecule has 1 aliphatic carbocycles. The van der Waals surface area contributed by atoms with Gasteiger partial charge in [0.25, 0.3) is 0 Å². The van der Waals surface area contributed by atoms with Gasteiger partial charge >= 0.3 is 0 Å². The lowest BCUT2D eigenvalue weighted by molar-refractivity contribution is 0.208. The Kier molecular flexibility index (Phi) is 3.55. The fourth-order valence-corrected chi connectivity index (χ4v) is 3.74. The molecule has 3 rings (SSSR count). The Morgan fingerprint density at radius 2 is 1.83 bits per heavy atom. The van der Waals surface area contributed by atoms with Crippen molar-refractivity contribution in [2.24, 2.45) is 0 Å². The van der Waals surface area contributed by atoms with Crippen LogP contribution in [0.4, 0.5) is 0 Å². The second kappa shape index (κ2) is 5.01. The van der Waals surface area contributed by atoms with E-state index < -0.39 is 0 Å². The quantitative estimate of drug-likeness (QED) is 0.897. The van der Waals surface area contributed by atoms with Crippen molar-refractivity contribution in [1.29, 1.82) is 0 Å². The molecule has 1 fully saturated rings. The van der Waals surface area contributed by atoms with E-state index in [-0.39, 0.29) is 0 Å². The number of hydrogen-bond acceptors (Lipinski definition) is 2. The van der Waals surface area contributed by atoms with E-state index in [4.69, 9.17) is 23.2 Å². The predicted octanol–water partition coefficient (Wildman–Crippen LogP) is 3.27. The Morgan fingerprint density at radius 1 is 1.17 bits per heavy atom. The number of nitrogens with zero attached hydrogens (tertiary/aromatic N) is 1. The van der Waals surface area contributed by atoms with Gasteiger partial charge in [-0.2, -0.15) is 0 Å². The van der Waals surface area contributed by atoms with Gasteiger partial charge in [0.05, 0.1) is 10.0 Å². The molecule has 2 nitrogen and oxygen atoms in total. The lowest BCUT2D eigenvalue weighted by Crippen LogP contribution is -2.40. The van der Waals surface area contributed by atoms with Crippen LogP contribution in [0, 0.1) is 0 Å². The number of hydrogen-bond donors (Lipinski definition) is 1. The molecule has 2 aliphatic rings. The molecule has 0 aromatic heterocycles. The van der Waals surface area contributed by atoms with Crippen molar-refractivity contribution in [2.75, 3.05) is 20.1 Å². The zero-order valence-corrected chi connectivity index (χ0v) is 12.1. The van der Waals surface area contributed by atoms with Crippen LogP contribution >= 0.6 is 23.2 Å². The molecular formula is C14H18Cl2N2. The SMILES string of the molecule is CN[C@@H]1c2cc(Cl)c(Cl)cc2C[C@H]1N1CCCC1. The minimum Gasteiger partial charge on any atom is -0.312 e. The standard InChI is InChI=1S/C14H18Cl2N2/c1-17-14-10-8-12(16)11(15)6-9(10)7-13(14)18-4-2-3-5-18/h6,8,13-14,17H,2-5,7H2,1H3/t13-,14-/m1/s1. The monoisotopic (exact) mass is 284 g/mol. The van der Waals surface area contributed by atoms with Crippen molar-refractivity contribution in [3.63, 3.8) is 0 Å². The molecule has 0 unspecified atom stereocenters. The summed E-state index contributed by atoms with van der Waals surface area (Å²) in [6, 6.07) is 5.02. The number of rotatable bonds is 2. The molecule has 1 aromatic carbocycles. The molecule has 0 spiro atoms. The van der Waals surface area contributed by atoms with E-state index in [1.54, 1.807) is 0 Å². The van der Waals surface area contributed by atoms with E-state index in [9.17, 15) is 0 Å². The topological polar surface area (TPSA) is 15.3 Å². The van der Waals surface area contributed by atoms with Crippen molar-refractivity contribution >= 4 is 23.2 Å². The minimum absolute atomic E-state index is 0.382. The predicted molar refractivity (Wildman–Crippen MR) is 76.6 cm³/mol. The second-order valence-electron chi connectivity index (χ2n) is 5.25. The van der Waals surface area contributed by atoms with Gasteiger partial charge in [-0.25, -0.2) is 0 Å². The molecule has 98 valence electrons. The van der Waals surface area contributed by atoms with Gasteiger partial charge in [0, 0.05) is 12.1 Å². The number of fused-ring (bicyclic) bond motifs is 1. The molecule has 4 heteroatoms. The average Bonchev–Trinajstić information content (AvgIpc) is 2.96. The van der Waals surface area contributed by atoms with Gasteiger partial charge in [0.1, 0.15) is 0 Å². The van der Waals surface area contributed by atoms with Gasteiger partial charge in [0.2, 0.25) is 0 Å². The highest BCUT2D eigenvalue weighted by Crippen LogP contribution is 2.39.